The Balaban J connectivity index is 0.000000161. The van der Waals surface area contributed by atoms with Crippen LogP contribution in [-0.4, -0.2) is 267 Å². The summed E-state index contributed by atoms with van der Waals surface area (Å²) in [4.78, 5) is 72.2. The number of nitrogens with zero attached hydrogens (tertiary/aromatic N) is 11. The van der Waals surface area contributed by atoms with E-state index in [0.717, 1.165) is 90.1 Å². The van der Waals surface area contributed by atoms with Gasteiger partial charge in [-0.3, -0.25) is 33.9 Å². The largest absolute Gasteiger partial charge is 0.497 e. The third-order valence-corrected chi connectivity index (χ3v) is 33.3. The molecule has 0 aliphatic carbocycles. The first-order valence-electron chi connectivity index (χ1n) is 50.8. The molecule has 12 aliphatic rings. The van der Waals surface area contributed by atoms with Crippen LogP contribution in [0.4, 0.5) is 69.7 Å². The number of anilines is 3. The van der Waals surface area contributed by atoms with Crippen LogP contribution in [-0.2, 0) is 51.9 Å². The van der Waals surface area contributed by atoms with Crippen molar-refractivity contribution in [3.63, 3.8) is 0 Å². The van der Waals surface area contributed by atoms with Crippen molar-refractivity contribution in [1.82, 2.24) is 29.4 Å². The fourth-order valence-corrected chi connectivity index (χ4v) is 24.8. The molecule has 12 heterocycles. The lowest BCUT2D eigenvalue weighted by Crippen LogP contribution is -2.50. The second-order valence-electron chi connectivity index (χ2n) is 41.1. The Morgan fingerprint density at radius 1 is 0.378 bits per heavy atom. The van der Waals surface area contributed by atoms with Gasteiger partial charge in [-0.15, -0.1) is 12.4 Å². The molecule has 0 radical (unpaired) electrons. The molecule has 12 atom stereocenters. The van der Waals surface area contributed by atoms with Gasteiger partial charge in [-0.25, -0.2) is 13.2 Å². The van der Waals surface area contributed by atoms with Crippen molar-refractivity contribution in [1.29, 1.82) is 10.5 Å². The van der Waals surface area contributed by atoms with Gasteiger partial charge in [0.05, 0.1) is 50.2 Å². The fourth-order valence-electron chi connectivity index (χ4n) is 24.8. The molecule has 0 bridgehead atoms. The lowest BCUT2D eigenvalue weighted by Gasteiger charge is -2.35. The highest BCUT2D eigenvalue weighted by molar-refractivity contribution is 5.90. The Bertz CT molecular complexity index is 5190. The van der Waals surface area contributed by atoms with E-state index in [1.165, 1.54) is 24.3 Å². The second kappa shape index (κ2) is 45.7. The average molecular weight is 2020 g/mol. The SMILES string of the molecule is CC[C@H]1CN(C(=O)[C@]2(F)CN(C3CCOCC3)C[C@H]2c2ccc(OC)cc2)C[C@@H]1c1ccc(C(F)(F)F)cc1N1CCC(C#N)CC1.CC[C@H]1CN(C(=O)[C@]2(F)CN(C3CCOCC3)C[C@H]2c2ccc(OC)cc2)C[C@@H]1c1ccc(C(F)(F)F)cc1N1CCC(C#N)CC1.CC[C@H]1CN(C(=O)[C@]2(F)CN(C3CCOCC3)C[C@H]2c2ccc(OC)cc2)C[C@@H]1c1ccc(C(F)(F)F)cc1N1CCC(C(N)=O)CC1.Cl. The van der Waals surface area contributed by atoms with E-state index in [-0.39, 0.29) is 123 Å². The summed E-state index contributed by atoms with van der Waals surface area (Å²) in [6, 6.07) is 38.3. The standard InChI is InChI=1S/C36H46F4N4O4.2C36H44F4N4O3.ClH/c1-3-23-19-43(20-30(23)29-9-6-26(36(38,39)40)18-32(29)42-14-10-25(11-15-42)33(41)45)34(46)35(37)22-44(27-12-16-48-17-13-27)21-31(35)24-4-7-28(47-2)8-5-24;2*1-3-25-20-43(21-31(25)30-9-6-27(36(38,39)40)18-33(30)42-14-10-24(19-41)11-15-42)34(45)35(37)23-44(28-12-16-47-17-13-28)22-32(35)26-4-7-29(46-2)8-5-26;/h4-9,18,23,25,27,30-31H,3,10-17,19-22H2,1-2H3,(H2,41,45);2*4-9,18,24-25,28,31-32H,3,10-17,20-23H2,1-2H3;1H/t23-,30-,31-,35-;2*25-,31-,32-,35-;/m000./s1. The zero-order valence-electron chi connectivity index (χ0n) is 82.4. The maximum Gasteiger partial charge on any atom is 0.416 e. The van der Waals surface area contributed by atoms with Crippen molar-refractivity contribution >= 4 is 53.1 Å². The van der Waals surface area contributed by atoms with Gasteiger partial charge in [0, 0.05) is 246 Å². The zero-order chi connectivity index (χ0) is 101. The molecule has 0 aromatic heterocycles. The highest BCUT2D eigenvalue weighted by atomic mass is 35.5. The molecule has 6 aromatic rings. The van der Waals surface area contributed by atoms with Crippen LogP contribution in [0.3, 0.4) is 0 Å². The number of hydrogen-bond donors (Lipinski definition) is 1. The summed E-state index contributed by atoms with van der Waals surface area (Å²) in [5.74, 6) is -3.59. The topological polar surface area (TPSA) is 226 Å². The molecule has 12 saturated heterocycles. The van der Waals surface area contributed by atoms with Crippen LogP contribution >= 0.6 is 12.4 Å². The van der Waals surface area contributed by atoms with Gasteiger partial charge in [0.2, 0.25) is 22.9 Å². The number of likely N-dealkylation sites (tertiary alicyclic amines) is 6. The molecular weight excluding hydrogens is 1890 g/mol. The van der Waals surface area contributed by atoms with Gasteiger partial charge < -0.3 is 63.6 Å². The summed E-state index contributed by atoms with van der Waals surface area (Å²) >= 11 is 0. The number of nitriles is 2. The molecule has 0 spiro atoms. The van der Waals surface area contributed by atoms with E-state index in [1.807, 2.05) is 71.9 Å². The van der Waals surface area contributed by atoms with E-state index in [4.69, 9.17) is 34.2 Å². The van der Waals surface area contributed by atoms with E-state index >= 15 is 13.2 Å². The lowest BCUT2D eigenvalue weighted by atomic mass is 9.84. The van der Waals surface area contributed by atoms with Gasteiger partial charge in [0.25, 0.3) is 17.7 Å². The highest BCUT2D eigenvalue weighted by Gasteiger charge is 2.62. The van der Waals surface area contributed by atoms with Crippen molar-refractivity contribution in [2.75, 3.05) is 193 Å². The predicted octanol–water partition coefficient (Wildman–Crippen LogP) is 18.6. The number of hydrogen-bond acceptors (Lipinski definition) is 18. The van der Waals surface area contributed by atoms with E-state index < -0.39 is 93.6 Å². The van der Waals surface area contributed by atoms with E-state index in [2.05, 4.69) is 26.8 Å². The van der Waals surface area contributed by atoms with Crippen LogP contribution in [0.25, 0.3) is 0 Å². The van der Waals surface area contributed by atoms with Crippen LogP contribution in [0.2, 0.25) is 0 Å². The summed E-state index contributed by atoms with van der Waals surface area (Å²) in [7, 11) is 4.72. The minimum absolute atomic E-state index is 0. The summed E-state index contributed by atoms with van der Waals surface area (Å²) in [6.07, 6.45) is -3.55. The van der Waals surface area contributed by atoms with E-state index in [1.54, 1.807) is 84.6 Å². The molecule has 35 heteroatoms. The first kappa shape index (κ1) is 107. The number of rotatable bonds is 22. The Labute approximate surface area is 836 Å². The Kier molecular flexibility index (Phi) is 34.3. The molecule has 4 amide bonds. The zero-order valence-corrected chi connectivity index (χ0v) is 83.2. The van der Waals surface area contributed by atoms with Crippen molar-refractivity contribution < 1.29 is 100 Å². The molecule has 12 aliphatic heterocycles. The smallest absolute Gasteiger partial charge is 0.416 e. The molecule has 143 heavy (non-hydrogen) atoms. The summed E-state index contributed by atoms with van der Waals surface area (Å²) in [6.45, 7) is 15.3. The van der Waals surface area contributed by atoms with E-state index in [0.29, 0.717) is 210 Å². The number of amides is 4. The van der Waals surface area contributed by atoms with Gasteiger partial charge in [0.1, 0.15) is 17.2 Å². The van der Waals surface area contributed by atoms with Crippen LogP contribution in [0.1, 0.15) is 203 Å². The monoisotopic (exact) mass is 2020 g/mol. The molecule has 18 rings (SSSR count). The third kappa shape index (κ3) is 23.3. The van der Waals surface area contributed by atoms with Gasteiger partial charge in [-0.1, -0.05) is 94.6 Å². The van der Waals surface area contributed by atoms with Crippen LogP contribution in [0, 0.1) is 58.2 Å². The van der Waals surface area contributed by atoms with Crippen LogP contribution in [0.5, 0.6) is 17.2 Å². The maximum atomic E-state index is 17.6. The Morgan fingerprint density at radius 2 is 0.629 bits per heavy atom. The number of methoxy groups -OCH3 is 3. The first-order valence-corrected chi connectivity index (χ1v) is 50.8. The second-order valence-corrected chi connectivity index (χ2v) is 41.1. The number of nitrogens with two attached hydrogens (primary N) is 1. The quantitative estimate of drug-likeness (QED) is 0.0623. The molecule has 12 fully saturated rings. The van der Waals surface area contributed by atoms with Gasteiger partial charge in [-0.05, 0) is 201 Å². The number of piperidine rings is 3. The lowest BCUT2D eigenvalue weighted by molar-refractivity contribution is -0.144. The maximum absolute atomic E-state index is 17.6. The van der Waals surface area contributed by atoms with Crippen molar-refractivity contribution in [3.05, 3.63) is 177 Å². The minimum atomic E-state index is -4.53. The molecule has 0 unspecified atom stereocenters. The van der Waals surface area contributed by atoms with Gasteiger partial charge in [-0.2, -0.15) is 50.0 Å². The summed E-state index contributed by atoms with van der Waals surface area (Å²) in [5, 5.41) is 18.8. The summed E-state index contributed by atoms with van der Waals surface area (Å²) < 4.78 is 211. The normalized spacial score (nSPS) is 27.8. The number of alkyl halides is 12. The number of carbonyl (C=O) groups excluding carboxylic acids is 4. The van der Waals surface area contributed by atoms with Crippen molar-refractivity contribution in [2.45, 2.75) is 206 Å². The van der Waals surface area contributed by atoms with Gasteiger partial charge in [0.15, 0.2) is 0 Å². The fraction of sp³-hybridized carbons (Fsp3) is 0.611. The first-order chi connectivity index (χ1) is 68.0. The highest BCUT2D eigenvalue weighted by Crippen LogP contribution is 2.54. The predicted molar refractivity (Wildman–Crippen MR) is 521 cm³/mol. The van der Waals surface area contributed by atoms with Crippen LogP contribution < -0.4 is 34.6 Å². The third-order valence-electron chi connectivity index (χ3n) is 33.3. The molecular formula is C108H135ClF12N12O10. The van der Waals surface area contributed by atoms with Crippen LogP contribution in [0.15, 0.2) is 127 Å². The Hall–Kier alpha value is -9.81. The van der Waals surface area contributed by atoms with Gasteiger partial charge >= 0.3 is 18.5 Å². The molecule has 22 nitrogen and oxygen atoms in total. The number of benzene rings is 6. The minimum Gasteiger partial charge on any atom is -0.497 e. The Morgan fingerprint density at radius 3 is 0.853 bits per heavy atom. The number of primary amides is 1. The van der Waals surface area contributed by atoms with Crippen molar-refractivity contribution in [2.24, 2.45) is 41.2 Å². The number of carbonyl (C=O) groups is 4. The molecule has 778 valence electrons. The summed E-state index contributed by atoms with van der Waals surface area (Å²) in [5.41, 5.74) is 2.74. The average Bonchev–Trinajstić information content (AvgIpc) is 1.65. The van der Waals surface area contributed by atoms with Crippen molar-refractivity contribution in [3.8, 4) is 29.4 Å². The molecule has 2 N–H and O–H groups in total. The molecule has 6 aromatic carbocycles. The molecule has 0 saturated carbocycles. The van der Waals surface area contributed by atoms with E-state index in [9.17, 15) is 69.2 Å². The number of halogens is 13. The number of ether oxygens (including phenoxy) is 6.